The van der Waals surface area contributed by atoms with Crippen LogP contribution in [0.1, 0.15) is 261 Å². The number of amides is 3. The minimum Gasteiger partial charge on any atom is -0.475 e. The number of hydrogen-bond acceptors (Lipinski definition) is 18. The number of allylic oxidation sites excluding steroid dienone is 5. The van der Waals surface area contributed by atoms with Crippen molar-refractivity contribution in [1.82, 2.24) is 4.90 Å². The van der Waals surface area contributed by atoms with Crippen LogP contribution in [0, 0.1) is 0 Å². The summed E-state index contributed by atoms with van der Waals surface area (Å²) in [6.07, 6.45) is 31.8. The summed E-state index contributed by atoms with van der Waals surface area (Å²) in [7, 11) is 0. The van der Waals surface area contributed by atoms with Gasteiger partial charge in [0.2, 0.25) is 49.8 Å². The van der Waals surface area contributed by atoms with Gasteiger partial charge in [0.25, 0.3) is 17.7 Å². The van der Waals surface area contributed by atoms with Crippen LogP contribution in [0.15, 0.2) is 271 Å². The molecule has 18 rings (SSSR count). The van der Waals surface area contributed by atoms with E-state index in [0.717, 1.165) is 187 Å². The van der Waals surface area contributed by atoms with Crippen LogP contribution in [0.5, 0.6) is 11.5 Å². The van der Waals surface area contributed by atoms with Gasteiger partial charge in [-0.1, -0.05) is 263 Å². The molecule has 9 aromatic rings. The summed E-state index contributed by atoms with van der Waals surface area (Å²) >= 11 is 1.69. The molecular formula is C115H135N3O19S. The fraction of sp³-hybridized carbons (Fsp3) is 0.417. The third-order valence-electron chi connectivity index (χ3n) is 25.8. The lowest BCUT2D eigenvalue weighted by atomic mass is 9.90. The highest BCUT2D eigenvalue weighted by molar-refractivity contribution is 7.10. The second-order valence-corrected chi connectivity index (χ2v) is 37.1. The molecule has 8 aromatic carbocycles. The summed E-state index contributed by atoms with van der Waals surface area (Å²) < 4.78 is 69.4. The fourth-order valence-electron chi connectivity index (χ4n) is 18.3. The van der Waals surface area contributed by atoms with E-state index >= 15 is 0 Å². The van der Waals surface area contributed by atoms with Gasteiger partial charge < -0.3 is 82.6 Å². The van der Waals surface area contributed by atoms with Crippen molar-refractivity contribution < 1.29 is 91.0 Å². The lowest BCUT2D eigenvalue weighted by molar-refractivity contribution is -0.157. The first-order valence-electron chi connectivity index (χ1n) is 50.0. The van der Waals surface area contributed by atoms with Crippen LogP contribution in [0.25, 0.3) is 22.3 Å². The maximum absolute atomic E-state index is 13.1. The Labute approximate surface area is 817 Å². The molecule has 138 heavy (non-hydrogen) atoms. The Bertz CT molecular complexity index is 5430. The van der Waals surface area contributed by atoms with Crippen molar-refractivity contribution in [3.8, 4) is 33.8 Å². The largest absolute Gasteiger partial charge is 0.475 e. The van der Waals surface area contributed by atoms with Crippen LogP contribution < -0.4 is 20.1 Å². The molecule has 2 aliphatic carbocycles. The highest BCUT2D eigenvalue weighted by atomic mass is 32.1. The molecule has 10 atom stereocenters. The molecule has 9 aliphatic rings. The highest BCUT2D eigenvalue weighted by Crippen LogP contribution is 2.45. The molecule has 0 bridgehead atoms. The number of thiophene rings is 1. The molecule has 0 saturated carbocycles. The van der Waals surface area contributed by atoms with Crippen LogP contribution in [-0.2, 0) is 84.2 Å². The summed E-state index contributed by atoms with van der Waals surface area (Å²) in [4.78, 5) is 64.6. The predicted octanol–water partition coefficient (Wildman–Crippen LogP) is 25.4. The molecule has 8 heterocycles. The second-order valence-electron chi connectivity index (χ2n) is 36.1. The standard InChI is InChI=1S/2C24H26O4.C23H31NO5.C23H27NO3.C21H25NO3S/c2*1-2-3-6-11-27-23-15-18(14-22(28-23)24(25)26)16-9-10-21-19(12-16)13-17-7-4-5-8-20(17)21;1-2-3-7-12-26-22-15-18(17-8-9-19-20(13-17)28-16-27-19)14-21(29-22)23(25)24-10-5-4-6-11-24;1-2-3-10-15-26-22-17-19(18-11-6-4-7-12-18)16-21(27-22)23(25)24-20-13-8-5-9-14-20;1-2-3-7-12-24-20-15-16(19-11-8-13-26-19)14-18(25-20)21(23)22-17-9-5-4-6-10-17/h2*4-5,7-10,12,14,18,23H,2-3,6,11,13,15H2,1H3,(H,25,26);8-9,13-14,18,22H,2-7,10-12,15-16H2,1H3;4-9,11-14,16,19,22H,2-3,10,15,17H2,1H3,(H,24,25);4-6,8-11,13-14,16,20H,2-3,7,12,15H2,1H3,(H,22,23)/t2*18-,23+;18-,22+;19-,22+;16-,20+/m10000/s1. The van der Waals surface area contributed by atoms with E-state index in [9.17, 15) is 34.2 Å². The number of benzene rings is 8. The lowest BCUT2D eigenvalue weighted by Crippen LogP contribution is -2.39. The van der Waals surface area contributed by atoms with Gasteiger partial charge in [-0.3, -0.25) is 14.4 Å². The van der Waals surface area contributed by atoms with Crippen LogP contribution in [0.2, 0.25) is 0 Å². The van der Waals surface area contributed by atoms with Gasteiger partial charge in [0, 0.05) is 91.0 Å². The van der Waals surface area contributed by atoms with Gasteiger partial charge >= 0.3 is 11.9 Å². The number of nitrogens with zero attached hydrogens (tertiary/aromatic N) is 1. The van der Waals surface area contributed by atoms with E-state index in [1.54, 1.807) is 23.5 Å². The predicted molar refractivity (Wildman–Crippen MR) is 537 cm³/mol. The molecule has 1 fully saturated rings. The molecule has 22 nitrogen and oxygen atoms in total. The van der Waals surface area contributed by atoms with E-state index in [2.05, 4.69) is 154 Å². The maximum Gasteiger partial charge on any atom is 0.370 e. The molecule has 1 aromatic heterocycles. The first-order valence-corrected chi connectivity index (χ1v) is 50.8. The number of carboxylic acids is 2. The molecule has 7 aliphatic heterocycles. The van der Waals surface area contributed by atoms with Crippen molar-refractivity contribution in [3.63, 3.8) is 0 Å². The number of rotatable bonds is 37. The monoisotopic (exact) mass is 1890 g/mol. The summed E-state index contributed by atoms with van der Waals surface area (Å²) in [5, 5.41) is 26.7. The summed E-state index contributed by atoms with van der Waals surface area (Å²) in [6.45, 7) is 15.8. The number of para-hydroxylation sites is 2. The smallest absolute Gasteiger partial charge is 0.370 e. The SMILES string of the molecule is CCCCCO[C@@H]1C[C@H](c2ccc3c(c2)Cc2ccccc2-3)C=C(C(=O)O)O1.CCCCCO[C@H]1C[C@@H](c2ccc3c(c2)Cc2ccccc2-3)C=C(C(=O)O)O1.CCCCCO[C@H]1C[C@@H](c2ccc3c(c2)OCO3)C=C(C(=O)N2CCCCC2)O1.CCCCCO[C@H]1C[C@@H](c2ccccc2)C=C(C(=O)Nc2ccccc2)O1.CCCCCO[C@H]1C[C@@H](c2cccs2)C=C(C(=O)Nc2ccccc2)O1. The normalized spacial score (nSPS) is 20.5. The Morgan fingerprint density at radius 2 is 0.703 bits per heavy atom. The number of unbranched alkanes of at least 4 members (excludes halogenated alkanes) is 10. The van der Waals surface area contributed by atoms with Crippen LogP contribution in [-0.4, -0.2) is 129 Å². The van der Waals surface area contributed by atoms with Gasteiger partial charge in [0.15, 0.2) is 28.8 Å². The average molecular weight is 1900 g/mol. The molecule has 4 N–H and O–H groups in total. The fourth-order valence-corrected chi connectivity index (χ4v) is 19.2. The zero-order chi connectivity index (χ0) is 96.2. The average Bonchev–Trinajstić information content (AvgIpc) is 1.63. The number of nitrogens with one attached hydrogen (secondary N) is 2. The maximum atomic E-state index is 13.1. The van der Waals surface area contributed by atoms with E-state index in [4.69, 9.17) is 56.8 Å². The van der Waals surface area contributed by atoms with Gasteiger partial charge in [-0.15, -0.1) is 11.3 Å². The van der Waals surface area contributed by atoms with Gasteiger partial charge in [-0.2, -0.15) is 0 Å². The topological polar surface area (TPSA) is 264 Å². The molecule has 1 saturated heterocycles. The molecule has 730 valence electrons. The van der Waals surface area contributed by atoms with E-state index in [-0.39, 0.29) is 71.9 Å². The van der Waals surface area contributed by atoms with Gasteiger partial charge in [0.05, 0.1) is 33.0 Å². The van der Waals surface area contributed by atoms with E-state index in [1.165, 1.54) is 55.8 Å². The summed E-state index contributed by atoms with van der Waals surface area (Å²) in [6, 6.07) is 69.0. The minimum atomic E-state index is -1.04. The Morgan fingerprint density at radius 1 is 0.348 bits per heavy atom. The molecule has 3 amide bonds. The first kappa shape index (κ1) is 102. The lowest BCUT2D eigenvalue weighted by Gasteiger charge is -2.33. The van der Waals surface area contributed by atoms with Crippen LogP contribution >= 0.6 is 11.3 Å². The number of carbonyl (C=O) groups is 5. The Balaban J connectivity index is 0.000000138. The number of likely N-dealkylation sites (tertiary alicyclic amines) is 1. The first-order chi connectivity index (χ1) is 67.6. The van der Waals surface area contributed by atoms with E-state index in [1.807, 2.05) is 126 Å². The number of fused-ring (bicyclic) bond motifs is 7. The zero-order valence-corrected chi connectivity index (χ0v) is 81.2. The Kier molecular flexibility index (Phi) is 39.2. The molecule has 0 radical (unpaired) electrons. The third kappa shape index (κ3) is 29.5. The van der Waals surface area contributed by atoms with Crippen molar-refractivity contribution in [1.29, 1.82) is 0 Å². The zero-order valence-electron chi connectivity index (χ0n) is 80.4. The summed E-state index contributed by atoms with van der Waals surface area (Å²) in [5.74, 6) is 0.202. The number of piperidine rings is 1. The van der Waals surface area contributed by atoms with E-state index < -0.39 is 37.1 Å². The summed E-state index contributed by atoms with van der Waals surface area (Å²) in [5.41, 5.74) is 16.4. The van der Waals surface area contributed by atoms with Crippen molar-refractivity contribution in [3.05, 3.63) is 320 Å². The molecule has 0 unspecified atom stereocenters. The number of aliphatic carboxylic acids is 2. The molecule has 23 heteroatoms. The minimum absolute atomic E-state index is 0.0134. The number of carboxylic acid groups (broad SMARTS) is 2. The number of hydrogen-bond donors (Lipinski definition) is 4. The van der Waals surface area contributed by atoms with Gasteiger partial charge in [0.1, 0.15) is 0 Å². The van der Waals surface area contributed by atoms with E-state index in [0.29, 0.717) is 76.0 Å². The van der Waals surface area contributed by atoms with Crippen LogP contribution in [0.4, 0.5) is 11.4 Å². The number of ether oxygens (including phenoxy) is 12. The molecule has 0 spiro atoms. The second kappa shape index (κ2) is 53.2. The van der Waals surface area contributed by atoms with Crippen molar-refractivity contribution in [2.75, 3.05) is 63.6 Å². The molecular weight excluding hydrogens is 1760 g/mol. The van der Waals surface area contributed by atoms with Crippen molar-refractivity contribution >= 4 is 52.4 Å². The van der Waals surface area contributed by atoms with Gasteiger partial charge in [-0.05, 0) is 209 Å². The highest BCUT2D eigenvalue weighted by Gasteiger charge is 2.37. The van der Waals surface area contributed by atoms with Crippen molar-refractivity contribution in [2.45, 2.75) is 256 Å². The van der Waals surface area contributed by atoms with Gasteiger partial charge in [-0.25, -0.2) is 9.59 Å². The van der Waals surface area contributed by atoms with Crippen LogP contribution in [0.3, 0.4) is 0 Å². The third-order valence-corrected chi connectivity index (χ3v) is 26.8. The number of anilines is 2. The Hall–Kier alpha value is -12.1. The Morgan fingerprint density at radius 3 is 1.13 bits per heavy atom. The quantitative estimate of drug-likeness (QED) is 0.0264. The number of carbonyl (C=O) groups excluding carboxylic acids is 3. The van der Waals surface area contributed by atoms with Crippen molar-refractivity contribution in [2.24, 2.45) is 0 Å².